The van der Waals surface area contributed by atoms with Gasteiger partial charge in [-0.25, -0.2) is 8.42 Å². The monoisotopic (exact) mass is 361 g/mol. The van der Waals surface area contributed by atoms with Gasteiger partial charge in [-0.05, 0) is 57.2 Å². The number of rotatable bonds is 2. The van der Waals surface area contributed by atoms with Gasteiger partial charge in [0, 0.05) is 15.9 Å². The molecule has 126 valence electrons. The molecule has 0 aromatic heterocycles. The standard InChI is InChI=1S/C19H20ClNO2S/c1-13-5-8-17(9-6-13)24(22,23)21-14(2)18-10-7-16(20)11-15(18)12-19(21,3)4/h5-12H,1-4H3. The van der Waals surface area contributed by atoms with Crippen LogP contribution < -0.4 is 10.4 Å². The molecule has 0 N–H and O–H groups in total. The molecule has 5 heteroatoms. The lowest BCUT2D eigenvalue weighted by Crippen LogP contribution is -2.52. The molecule has 3 rings (SSSR count). The van der Waals surface area contributed by atoms with E-state index in [4.69, 9.17) is 11.6 Å². The predicted octanol–water partition coefficient (Wildman–Crippen LogP) is 3.04. The molecule has 0 radical (unpaired) electrons. The summed E-state index contributed by atoms with van der Waals surface area (Å²) in [5.41, 5.74) is 1.04. The third-order valence-corrected chi connectivity index (χ3v) is 6.63. The summed E-state index contributed by atoms with van der Waals surface area (Å²) in [6.45, 7) is 7.57. The molecule has 0 atom stereocenters. The maximum atomic E-state index is 13.3. The first-order valence-electron chi connectivity index (χ1n) is 7.74. The summed E-state index contributed by atoms with van der Waals surface area (Å²) in [7, 11) is -3.66. The van der Waals surface area contributed by atoms with Crippen molar-refractivity contribution in [3.05, 3.63) is 63.5 Å². The van der Waals surface area contributed by atoms with E-state index in [1.807, 2.05) is 58.0 Å². The van der Waals surface area contributed by atoms with Gasteiger partial charge in [0.1, 0.15) is 0 Å². The number of nitrogens with zero attached hydrogens (tertiary/aromatic N) is 1. The normalized spacial score (nSPS) is 16.5. The molecule has 0 saturated carbocycles. The second-order valence-corrected chi connectivity index (χ2v) is 8.92. The SMILES string of the molecule is CC1=c2ccc(Cl)cc2=CC(C)(C)N1S(=O)(=O)c1ccc(C)cc1. The Balaban J connectivity index is 2.27. The number of fused-ring (bicyclic) bond motifs is 1. The Bertz CT molecular complexity index is 1020. The predicted molar refractivity (Wildman–Crippen MR) is 98.5 cm³/mol. The number of hydrogen-bond acceptors (Lipinski definition) is 2. The number of aryl methyl sites for hydroxylation is 1. The van der Waals surface area contributed by atoms with E-state index in [9.17, 15) is 8.42 Å². The molecule has 0 fully saturated rings. The Morgan fingerprint density at radius 3 is 2.25 bits per heavy atom. The molecule has 0 amide bonds. The summed E-state index contributed by atoms with van der Waals surface area (Å²) < 4.78 is 28.0. The summed E-state index contributed by atoms with van der Waals surface area (Å²) in [5, 5.41) is 2.48. The van der Waals surface area contributed by atoms with Gasteiger partial charge in [0.15, 0.2) is 0 Å². The highest BCUT2D eigenvalue weighted by Gasteiger charge is 2.37. The fraction of sp³-hybridized carbons (Fsp3) is 0.263. The van der Waals surface area contributed by atoms with Crippen molar-refractivity contribution in [2.24, 2.45) is 0 Å². The largest absolute Gasteiger partial charge is 0.264 e. The van der Waals surface area contributed by atoms with Gasteiger partial charge in [-0.15, -0.1) is 0 Å². The number of benzene rings is 2. The molecular weight excluding hydrogens is 342 g/mol. The Morgan fingerprint density at radius 1 is 1.00 bits per heavy atom. The van der Waals surface area contributed by atoms with E-state index in [0.29, 0.717) is 15.6 Å². The van der Waals surface area contributed by atoms with E-state index in [0.717, 1.165) is 16.0 Å². The van der Waals surface area contributed by atoms with E-state index < -0.39 is 15.6 Å². The topological polar surface area (TPSA) is 37.4 Å². The van der Waals surface area contributed by atoms with Gasteiger partial charge in [0.2, 0.25) is 0 Å². The molecular formula is C19H20ClNO2S. The highest BCUT2D eigenvalue weighted by atomic mass is 35.5. The summed E-state index contributed by atoms with van der Waals surface area (Å²) in [6, 6.07) is 12.5. The second kappa shape index (κ2) is 5.64. The van der Waals surface area contributed by atoms with Crippen molar-refractivity contribution in [2.75, 3.05) is 0 Å². The van der Waals surface area contributed by atoms with Gasteiger partial charge in [-0.3, -0.25) is 4.31 Å². The van der Waals surface area contributed by atoms with Crippen LogP contribution in [0.4, 0.5) is 0 Å². The van der Waals surface area contributed by atoms with Gasteiger partial charge in [-0.1, -0.05) is 41.4 Å². The number of sulfonamides is 1. The van der Waals surface area contributed by atoms with Crippen LogP contribution in [0, 0.1) is 6.92 Å². The van der Waals surface area contributed by atoms with Crippen molar-refractivity contribution in [3.8, 4) is 0 Å². The molecule has 0 saturated heterocycles. The zero-order valence-electron chi connectivity index (χ0n) is 14.2. The summed E-state index contributed by atoms with van der Waals surface area (Å²) in [5.74, 6) is 0. The third-order valence-electron chi connectivity index (χ3n) is 4.30. The first-order valence-corrected chi connectivity index (χ1v) is 9.56. The first-order chi connectivity index (χ1) is 11.1. The van der Waals surface area contributed by atoms with Crippen LogP contribution in [-0.2, 0) is 10.0 Å². The molecule has 1 heterocycles. The van der Waals surface area contributed by atoms with Crippen molar-refractivity contribution < 1.29 is 8.42 Å². The van der Waals surface area contributed by atoms with Crippen LogP contribution in [0.2, 0.25) is 5.02 Å². The number of hydrogen-bond donors (Lipinski definition) is 0. The Morgan fingerprint density at radius 2 is 1.62 bits per heavy atom. The van der Waals surface area contributed by atoms with Gasteiger partial charge < -0.3 is 0 Å². The minimum atomic E-state index is -3.66. The van der Waals surface area contributed by atoms with Gasteiger partial charge in [-0.2, -0.15) is 0 Å². The third kappa shape index (κ3) is 2.74. The molecule has 1 aliphatic rings. The van der Waals surface area contributed by atoms with Crippen molar-refractivity contribution in [2.45, 2.75) is 38.1 Å². The van der Waals surface area contributed by atoms with Crippen molar-refractivity contribution in [1.29, 1.82) is 0 Å². The average molecular weight is 362 g/mol. The minimum absolute atomic E-state index is 0.298. The average Bonchev–Trinajstić information content (AvgIpc) is 2.45. The van der Waals surface area contributed by atoms with Crippen LogP contribution in [0.15, 0.2) is 47.4 Å². The van der Waals surface area contributed by atoms with Gasteiger partial charge in [0.05, 0.1) is 10.4 Å². The van der Waals surface area contributed by atoms with Crippen molar-refractivity contribution in [1.82, 2.24) is 4.31 Å². The summed E-state index contributed by atoms with van der Waals surface area (Å²) in [6.07, 6.45) is 1.95. The molecule has 2 aromatic carbocycles. The highest BCUT2D eigenvalue weighted by Crippen LogP contribution is 2.31. The van der Waals surface area contributed by atoms with E-state index in [1.165, 1.54) is 4.31 Å². The van der Waals surface area contributed by atoms with Crippen LogP contribution in [0.25, 0.3) is 11.8 Å². The molecule has 0 bridgehead atoms. The molecule has 2 aromatic rings. The van der Waals surface area contributed by atoms with Crippen molar-refractivity contribution >= 4 is 33.4 Å². The Hall–Kier alpha value is -1.78. The van der Waals surface area contributed by atoms with E-state index in [-0.39, 0.29) is 0 Å². The maximum absolute atomic E-state index is 13.3. The molecule has 0 aliphatic carbocycles. The molecule has 0 spiro atoms. The maximum Gasteiger partial charge on any atom is 0.264 e. The highest BCUT2D eigenvalue weighted by molar-refractivity contribution is 7.89. The fourth-order valence-electron chi connectivity index (χ4n) is 3.27. The number of halogens is 1. The van der Waals surface area contributed by atoms with E-state index in [2.05, 4.69) is 0 Å². The zero-order chi connectivity index (χ0) is 17.7. The fourth-order valence-corrected chi connectivity index (χ4v) is 5.27. The van der Waals surface area contributed by atoms with Crippen LogP contribution >= 0.6 is 11.6 Å². The zero-order valence-corrected chi connectivity index (χ0v) is 15.7. The van der Waals surface area contributed by atoms with Gasteiger partial charge >= 0.3 is 0 Å². The van der Waals surface area contributed by atoms with E-state index in [1.54, 1.807) is 18.2 Å². The van der Waals surface area contributed by atoms with E-state index >= 15 is 0 Å². The van der Waals surface area contributed by atoms with Crippen LogP contribution in [0.5, 0.6) is 0 Å². The summed E-state index contributed by atoms with van der Waals surface area (Å²) in [4.78, 5) is 0.298. The minimum Gasteiger partial charge on any atom is -0.260 e. The van der Waals surface area contributed by atoms with Crippen molar-refractivity contribution in [3.63, 3.8) is 0 Å². The molecule has 24 heavy (non-hydrogen) atoms. The molecule has 1 aliphatic heterocycles. The first kappa shape index (κ1) is 17.1. The smallest absolute Gasteiger partial charge is 0.260 e. The lowest BCUT2D eigenvalue weighted by molar-refractivity contribution is 0.384. The van der Waals surface area contributed by atoms with Crippen LogP contribution in [0.1, 0.15) is 26.3 Å². The second-order valence-electron chi connectivity index (χ2n) is 6.70. The quantitative estimate of drug-likeness (QED) is 0.824. The summed E-state index contributed by atoms with van der Waals surface area (Å²) >= 11 is 6.09. The van der Waals surface area contributed by atoms with Crippen LogP contribution in [0.3, 0.4) is 0 Å². The molecule has 3 nitrogen and oxygen atoms in total. The Labute approximate surface area is 147 Å². The lowest BCUT2D eigenvalue weighted by atomic mass is 9.98. The molecule has 0 unspecified atom stereocenters. The Kier molecular flexibility index (Phi) is 4.01. The lowest BCUT2D eigenvalue weighted by Gasteiger charge is -2.40. The van der Waals surface area contributed by atoms with Gasteiger partial charge in [0.25, 0.3) is 10.0 Å². The van der Waals surface area contributed by atoms with Crippen LogP contribution in [-0.4, -0.2) is 18.3 Å².